The summed E-state index contributed by atoms with van der Waals surface area (Å²) in [6.45, 7) is 0.517. The summed E-state index contributed by atoms with van der Waals surface area (Å²) in [6, 6.07) is 14.1. The highest BCUT2D eigenvalue weighted by atomic mass is 35.5. The van der Waals surface area contributed by atoms with Crippen LogP contribution < -0.4 is 19.7 Å². The number of aromatic nitrogens is 1. The molecule has 1 N–H and O–H groups in total. The second-order valence-corrected chi connectivity index (χ2v) is 7.79. The van der Waals surface area contributed by atoms with Gasteiger partial charge in [0.2, 0.25) is 11.8 Å². The van der Waals surface area contributed by atoms with Gasteiger partial charge >= 0.3 is 0 Å². The normalized spacial score (nSPS) is 15.7. The minimum atomic E-state index is -0.435. The van der Waals surface area contributed by atoms with E-state index in [4.69, 9.17) is 25.6 Å². The fraction of sp³-hybridized carbons (Fsp3) is 0.261. The molecular weight excluding hydrogens is 434 g/mol. The van der Waals surface area contributed by atoms with Gasteiger partial charge in [0.05, 0.1) is 26.7 Å². The highest BCUT2D eigenvalue weighted by Gasteiger charge is 2.35. The first-order chi connectivity index (χ1) is 15.5. The quantitative estimate of drug-likeness (QED) is 0.584. The minimum absolute atomic E-state index is 0.0929. The fourth-order valence-corrected chi connectivity index (χ4v) is 3.72. The molecule has 4 rings (SSSR count). The maximum absolute atomic E-state index is 12.6. The molecule has 1 aliphatic rings. The number of carbonyl (C=O) groups is 2. The summed E-state index contributed by atoms with van der Waals surface area (Å²) < 4.78 is 16.0. The molecule has 0 aliphatic carbocycles. The lowest BCUT2D eigenvalue weighted by atomic mass is 10.1. The Morgan fingerprint density at radius 2 is 1.91 bits per heavy atom. The Labute approximate surface area is 190 Å². The first-order valence-electron chi connectivity index (χ1n) is 10.00. The average molecular weight is 456 g/mol. The molecule has 32 heavy (non-hydrogen) atoms. The molecule has 0 spiro atoms. The highest BCUT2D eigenvalue weighted by Crippen LogP contribution is 2.32. The van der Waals surface area contributed by atoms with Crippen LogP contribution in [-0.2, 0) is 16.1 Å². The third kappa shape index (κ3) is 4.55. The van der Waals surface area contributed by atoms with Crippen LogP contribution in [-0.4, -0.2) is 37.7 Å². The van der Waals surface area contributed by atoms with Crippen LogP contribution >= 0.6 is 11.6 Å². The number of methoxy groups -OCH3 is 2. The average Bonchev–Trinajstić information content (AvgIpc) is 3.44. The number of hydrogen-bond donors (Lipinski definition) is 1. The largest absolute Gasteiger partial charge is 0.493 e. The molecule has 3 aromatic rings. The Balaban J connectivity index is 1.36. The number of nitrogens with zero attached hydrogens (tertiary/aromatic N) is 2. The summed E-state index contributed by atoms with van der Waals surface area (Å²) in [5.41, 5.74) is 2.07. The molecule has 0 radical (unpaired) electrons. The van der Waals surface area contributed by atoms with Crippen LogP contribution in [0.25, 0.3) is 11.3 Å². The summed E-state index contributed by atoms with van der Waals surface area (Å²) in [7, 11) is 3.13. The maximum Gasteiger partial charge on any atom is 0.227 e. The van der Waals surface area contributed by atoms with Crippen LogP contribution in [0.1, 0.15) is 12.1 Å². The van der Waals surface area contributed by atoms with Gasteiger partial charge in [-0.2, -0.15) is 0 Å². The van der Waals surface area contributed by atoms with Crippen molar-refractivity contribution in [2.24, 2.45) is 5.92 Å². The van der Waals surface area contributed by atoms with Crippen LogP contribution in [0.15, 0.2) is 53.1 Å². The van der Waals surface area contributed by atoms with Gasteiger partial charge < -0.3 is 24.2 Å². The standard InChI is InChI=1S/C23H22ClN3O5/c1-30-19-8-3-14(9-21(19)31-2)20-11-17(26-32-20)12-25-23(29)15-10-22(28)27(13-15)18-6-4-16(24)5-7-18/h3-9,11,15H,10,12-13H2,1-2H3,(H,25,29). The van der Waals surface area contributed by atoms with Crippen LogP contribution in [0, 0.1) is 5.92 Å². The number of rotatable bonds is 7. The predicted octanol–water partition coefficient (Wildman–Crippen LogP) is 3.68. The second-order valence-electron chi connectivity index (χ2n) is 7.35. The lowest BCUT2D eigenvalue weighted by Gasteiger charge is -2.16. The fourth-order valence-electron chi connectivity index (χ4n) is 3.60. The number of carbonyl (C=O) groups excluding carboxylic acids is 2. The van der Waals surface area contributed by atoms with Crippen LogP contribution in [0.2, 0.25) is 5.02 Å². The van der Waals surface area contributed by atoms with E-state index in [0.717, 1.165) is 11.3 Å². The molecule has 1 saturated heterocycles. The lowest BCUT2D eigenvalue weighted by Crippen LogP contribution is -2.32. The Morgan fingerprint density at radius 3 is 2.62 bits per heavy atom. The van der Waals surface area contributed by atoms with E-state index in [1.165, 1.54) is 0 Å². The molecule has 9 heteroatoms. The Morgan fingerprint density at radius 1 is 1.16 bits per heavy atom. The van der Waals surface area contributed by atoms with Crippen molar-refractivity contribution < 1.29 is 23.6 Å². The summed E-state index contributed by atoms with van der Waals surface area (Å²) >= 11 is 5.91. The molecule has 166 valence electrons. The molecule has 8 nitrogen and oxygen atoms in total. The van der Waals surface area contributed by atoms with Crippen molar-refractivity contribution in [2.45, 2.75) is 13.0 Å². The van der Waals surface area contributed by atoms with E-state index in [-0.39, 0.29) is 24.8 Å². The summed E-state index contributed by atoms with van der Waals surface area (Å²) in [5, 5.41) is 7.46. The van der Waals surface area contributed by atoms with Gasteiger partial charge in [0.15, 0.2) is 17.3 Å². The number of nitrogens with one attached hydrogen (secondary N) is 1. The van der Waals surface area contributed by atoms with Crippen molar-refractivity contribution in [3.05, 3.63) is 59.2 Å². The zero-order valence-corrected chi connectivity index (χ0v) is 18.4. The van der Waals surface area contributed by atoms with Crippen molar-refractivity contribution in [1.29, 1.82) is 0 Å². The molecule has 1 fully saturated rings. The number of amides is 2. The molecule has 1 atom stereocenters. The van der Waals surface area contributed by atoms with E-state index >= 15 is 0 Å². The van der Waals surface area contributed by atoms with E-state index in [9.17, 15) is 9.59 Å². The minimum Gasteiger partial charge on any atom is -0.493 e. The SMILES string of the molecule is COc1ccc(-c2cc(CNC(=O)C3CC(=O)N(c4ccc(Cl)cc4)C3)no2)cc1OC. The van der Waals surface area contributed by atoms with E-state index in [2.05, 4.69) is 10.5 Å². The monoisotopic (exact) mass is 455 g/mol. The van der Waals surface area contributed by atoms with E-state index in [1.54, 1.807) is 61.6 Å². The molecule has 1 aromatic heterocycles. The van der Waals surface area contributed by atoms with Gasteiger partial charge in [-0.15, -0.1) is 0 Å². The number of ether oxygens (including phenoxy) is 2. The zero-order valence-electron chi connectivity index (χ0n) is 17.6. The predicted molar refractivity (Wildman–Crippen MR) is 119 cm³/mol. The number of hydrogen-bond acceptors (Lipinski definition) is 6. The van der Waals surface area contributed by atoms with Gasteiger partial charge in [0, 0.05) is 35.3 Å². The zero-order chi connectivity index (χ0) is 22.7. The van der Waals surface area contributed by atoms with Gasteiger partial charge in [-0.05, 0) is 42.5 Å². The van der Waals surface area contributed by atoms with Crippen molar-refractivity contribution in [3.63, 3.8) is 0 Å². The van der Waals surface area contributed by atoms with Gasteiger partial charge in [0.1, 0.15) is 5.69 Å². The molecule has 1 aliphatic heterocycles. The van der Waals surface area contributed by atoms with Crippen LogP contribution in [0.5, 0.6) is 11.5 Å². The van der Waals surface area contributed by atoms with Gasteiger partial charge in [-0.3, -0.25) is 9.59 Å². The first-order valence-corrected chi connectivity index (χ1v) is 10.4. The van der Waals surface area contributed by atoms with Crippen molar-refractivity contribution in [3.8, 4) is 22.8 Å². The smallest absolute Gasteiger partial charge is 0.227 e. The Bertz CT molecular complexity index is 1130. The summed E-state index contributed by atoms with van der Waals surface area (Å²) in [6.07, 6.45) is 0.157. The first kappa shape index (κ1) is 21.7. The van der Waals surface area contributed by atoms with Crippen molar-refractivity contribution in [2.75, 3.05) is 25.7 Å². The highest BCUT2D eigenvalue weighted by molar-refractivity contribution is 6.30. The molecule has 0 bridgehead atoms. The third-order valence-corrected chi connectivity index (χ3v) is 5.56. The molecule has 2 aromatic carbocycles. The van der Waals surface area contributed by atoms with Crippen LogP contribution in [0.4, 0.5) is 5.69 Å². The van der Waals surface area contributed by atoms with E-state index < -0.39 is 5.92 Å². The Kier molecular flexibility index (Phi) is 6.32. The van der Waals surface area contributed by atoms with Gasteiger partial charge in [-0.1, -0.05) is 16.8 Å². The van der Waals surface area contributed by atoms with E-state index in [0.29, 0.717) is 34.5 Å². The van der Waals surface area contributed by atoms with Crippen molar-refractivity contribution >= 4 is 29.1 Å². The molecule has 2 amide bonds. The third-order valence-electron chi connectivity index (χ3n) is 5.30. The van der Waals surface area contributed by atoms with Gasteiger partial charge in [0.25, 0.3) is 0 Å². The topological polar surface area (TPSA) is 93.9 Å². The second kappa shape index (κ2) is 9.32. The number of benzene rings is 2. The molecule has 0 saturated carbocycles. The summed E-state index contributed by atoms with van der Waals surface area (Å²) in [5.74, 6) is 1.00. The molecule has 2 heterocycles. The molecule has 1 unspecified atom stereocenters. The van der Waals surface area contributed by atoms with Gasteiger partial charge in [-0.25, -0.2) is 0 Å². The van der Waals surface area contributed by atoms with Crippen molar-refractivity contribution in [1.82, 2.24) is 10.5 Å². The number of halogens is 1. The summed E-state index contributed by atoms with van der Waals surface area (Å²) in [4.78, 5) is 26.6. The Hall–Kier alpha value is -3.52. The lowest BCUT2D eigenvalue weighted by molar-refractivity contribution is -0.126. The van der Waals surface area contributed by atoms with E-state index in [1.807, 2.05) is 6.07 Å². The number of anilines is 1. The maximum atomic E-state index is 12.6. The molecular formula is C23H22ClN3O5. The van der Waals surface area contributed by atoms with Crippen LogP contribution in [0.3, 0.4) is 0 Å².